The summed E-state index contributed by atoms with van der Waals surface area (Å²) >= 11 is 0. The Kier molecular flexibility index (Phi) is 4.47. The van der Waals surface area contributed by atoms with E-state index in [2.05, 4.69) is 34.3 Å². The second-order valence-electron chi connectivity index (χ2n) is 4.91. The van der Waals surface area contributed by atoms with Crippen LogP contribution in [0.2, 0.25) is 0 Å². The second-order valence-corrected chi connectivity index (χ2v) is 4.91. The van der Waals surface area contributed by atoms with Crippen molar-refractivity contribution in [2.24, 2.45) is 11.7 Å². The number of rotatable bonds is 5. The molecule has 1 aromatic heterocycles. The van der Waals surface area contributed by atoms with Gasteiger partial charge < -0.3 is 11.1 Å². The lowest BCUT2D eigenvalue weighted by atomic mass is 10.0. The summed E-state index contributed by atoms with van der Waals surface area (Å²) in [5, 5.41) is 11.8. The van der Waals surface area contributed by atoms with E-state index in [-0.39, 0.29) is 0 Å². The number of anilines is 1. The Balaban J connectivity index is 2.09. The molecule has 0 saturated heterocycles. The van der Waals surface area contributed by atoms with E-state index in [9.17, 15) is 0 Å². The van der Waals surface area contributed by atoms with Gasteiger partial charge in [-0.25, -0.2) is 4.98 Å². The highest BCUT2D eigenvalue weighted by Gasteiger charge is 2.26. The van der Waals surface area contributed by atoms with Gasteiger partial charge in [0.15, 0.2) is 0 Å². The van der Waals surface area contributed by atoms with Crippen LogP contribution >= 0.6 is 0 Å². The zero-order valence-electron chi connectivity index (χ0n) is 11.3. The summed E-state index contributed by atoms with van der Waals surface area (Å²) in [5.74, 6) is 1.21. The number of aromatic nitrogens is 3. The molecule has 3 N–H and O–H groups in total. The average Bonchev–Trinajstić information content (AvgIpc) is 2.85. The van der Waals surface area contributed by atoms with Crippen molar-refractivity contribution in [2.45, 2.75) is 52.0 Å². The molecule has 5 heteroatoms. The van der Waals surface area contributed by atoms with Crippen LogP contribution in [0.25, 0.3) is 0 Å². The average molecular weight is 249 g/mol. The molecule has 0 bridgehead atoms. The van der Waals surface area contributed by atoms with Crippen molar-refractivity contribution in [3.63, 3.8) is 0 Å². The molecule has 0 aromatic carbocycles. The smallest absolute Gasteiger partial charge is 0.243 e. The van der Waals surface area contributed by atoms with Crippen LogP contribution in [0, 0.1) is 5.92 Å². The summed E-state index contributed by atoms with van der Waals surface area (Å²) in [7, 11) is 0. The highest BCUT2D eigenvalue weighted by molar-refractivity contribution is 5.28. The SMILES string of the molecule is CCc1nnc(NC2CCCC2CN)nc1CC. The molecule has 2 rings (SSSR count). The third-order valence-corrected chi connectivity index (χ3v) is 3.79. The lowest BCUT2D eigenvalue weighted by Gasteiger charge is -2.19. The maximum absolute atomic E-state index is 5.78. The van der Waals surface area contributed by atoms with Crippen LogP contribution < -0.4 is 11.1 Å². The number of hydrogen-bond acceptors (Lipinski definition) is 5. The highest BCUT2D eigenvalue weighted by Crippen LogP contribution is 2.26. The first-order chi connectivity index (χ1) is 8.78. The molecule has 1 aromatic rings. The normalized spacial score (nSPS) is 23.3. The van der Waals surface area contributed by atoms with Crippen LogP contribution in [-0.4, -0.2) is 27.8 Å². The predicted octanol–water partition coefficient (Wildman–Crippen LogP) is 1.54. The molecule has 5 nitrogen and oxygen atoms in total. The summed E-state index contributed by atoms with van der Waals surface area (Å²) in [6.45, 7) is 4.92. The van der Waals surface area contributed by atoms with Crippen LogP contribution in [0.5, 0.6) is 0 Å². The van der Waals surface area contributed by atoms with Crippen molar-refractivity contribution < 1.29 is 0 Å². The first kappa shape index (κ1) is 13.2. The number of hydrogen-bond donors (Lipinski definition) is 2. The van der Waals surface area contributed by atoms with E-state index in [0.29, 0.717) is 17.9 Å². The molecule has 2 atom stereocenters. The lowest BCUT2D eigenvalue weighted by molar-refractivity contribution is 0.513. The zero-order valence-corrected chi connectivity index (χ0v) is 11.3. The van der Waals surface area contributed by atoms with Gasteiger partial charge in [0.25, 0.3) is 0 Å². The Morgan fingerprint density at radius 2 is 1.94 bits per heavy atom. The molecule has 18 heavy (non-hydrogen) atoms. The Morgan fingerprint density at radius 1 is 1.17 bits per heavy atom. The Bertz CT molecular complexity index is 393. The van der Waals surface area contributed by atoms with Crippen molar-refractivity contribution in [1.82, 2.24) is 15.2 Å². The molecule has 100 valence electrons. The van der Waals surface area contributed by atoms with Crippen molar-refractivity contribution in [3.05, 3.63) is 11.4 Å². The van der Waals surface area contributed by atoms with Gasteiger partial charge >= 0.3 is 0 Å². The van der Waals surface area contributed by atoms with E-state index < -0.39 is 0 Å². The third kappa shape index (κ3) is 2.77. The maximum atomic E-state index is 5.78. The van der Waals surface area contributed by atoms with Gasteiger partial charge in [-0.05, 0) is 38.1 Å². The van der Waals surface area contributed by atoms with Gasteiger partial charge in [0.1, 0.15) is 0 Å². The maximum Gasteiger partial charge on any atom is 0.243 e. The molecular weight excluding hydrogens is 226 g/mol. The fourth-order valence-corrected chi connectivity index (χ4v) is 2.67. The van der Waals surface area contributed by atoms with Crippen LogP contribution in [-0.2, 0) is 12.8 Å². The molecule has 1 aliphatic carbocycles. The van der Waals surface area contributed by atoms with E-state index in [1.165, 1.54) is 12.8 Å². The molecule has 0 spiro atoms. The van der Waals surface area contributed by atoms with Gasteiger partial charge in [-0.1, -0.05) is 20.3 Å². The van der Waals surface area contributed by atoms with Gasteiger partial charge in [0.05, 0.1) is 11.4 Å². The van der Waals surface area contributed by atoms with Gasteiger partial charge in [-0.3, -0.25) is 0 Å². The summed E-state index contributed by atoms with van der Waals surface area (Å²) in [4.78, 5) is 4.57. The minimum atomic E-state index is 0.411. The van der Waals surface area contributed by atoms with Gasteiger partial charge in [-0.2, -0.15) is 5.10 Å². The van der Waals surface area contributed by atoms with Crippen molar-refractivity contribution >= 4 is 5.95 Å². The first-order valence-electron chi connectivity index (χ1n) is 6.97. The molecule has 0 aliphatic heterocycles. The number of nitrogens with zero attached hydrogens (tertiary/aromatic N) is 3. The minimum Gasteiger partial charge on any atom is -0.350 e. The lowest BCUT2D eigenvalue weighted by Crippen LogP contribution is -2.30. The largest absolute Gasteiger partial charge is 0.350 e. The number of nitrogens with one attached hydrogen (secondary N) is 1. The van der Waals surface area contributed by atoms with Crippen molar-refractivity contribution in [2.75, 3.05) is 11.9 Å². The monoisotopic (exact) mass is 249 g/mol. The Labute approximate surface area is 109 Å². The number of aryl methyl sites for hydroxylation is 2. The standard InChI is InChI=1S/C13H23N5/c1-3-10-11(4-2)17-18-13(15-10)16-12-7-5-6-9(12)8-14/h9,12H,3-8,14H2,1-2H3,(H,15,16,18). The third-order valence-electron chi connectivity index (χ3n) is 3.79. The number of nitrogens with two attached hydrogens (primary N) is 1. The zero-order chi connectivity index (χ0) is 13.0. The molecule has 1 saturated carbocycles. The van der Waals surface area contributed by atoms with E-state index >= 15 is 0 Å². The van der Waals surface area contributed by atoms with E-state index in [1.54, 1.807) is 0 Å². The van der Waals surface area contributed by atoms with Gasteiger partial charge in [-0.15, -0.1) is 5.10 Å². The van der Waals surface area contributed by atoms with Crippen molar-refractivity contribution in [1.29, 1.82) is 0 Å². The minimum absolute atomic E-state index is 0.411. The van der Waals surface area contributed by atoms with E-state index in [4.69, 9.17) is 5.73 Å². The Morgan fingerprint density at radius 3 is 2.61 bits per heavy atom. The van der Waals surface area contributed by atoms with Crippen LogP contribution in [0.3, 0.4) is 0 Å². The molecule has 1 aliphatic rings. The van der Waals surface area contributed by atoms with Crippen LogP contribution in [0.1, 0.15) is 44.5 Å². The Hall–Kier alpha value is -1.23. The topological polar surface area (TPSA) is 76.7 Å². The van der Waals surface area contributed by atoms with Crippen molar-refractivity contribution in [3.8, 4) is 0 Å². The molecule has 1 heterocycles. The van der Waals surface area contributed by atoms with E-state index in [0.717, 1.165) is 37.2 Å². The molecule has 0 radical (unpaired) electrons. The summed E-state index contributed by atoms with van der Waals surface area (Å²) in [5.41, 5.74) is 7.84. The van der Waals surface area contributed by atoms with Crippen LogP contribution in [0.15, 0.2) is 0 Å². The summed E-state index contributed by atoms with van der Waals surface area (Å²) < 4.78 is 0. The molecule has 2 unspecified atom stereocenters. The fraction of sp³-hybridized carbons (Fsp3) is 0.769. The van der Waals surface area contributed by atoms with E-state index in [1.807, 2.05) is 0 Å². The first-order valence-corrected chi connectivity index (χ1v) is 6.97. The van der Waals surface area contributed by atoms with Gasteiger partial charge in [0.2, 0.25) is 5.95 Å². The molecule has 0 amide bonds. The second kappa shape index (κ2) is 6.09. The predicted molar refractivity (Wildman–Crippen MR) is 72.4 cm³/mol. The summed E-state index contributed by atoms with van der Waals surface area (Å²) in [6, 6.07) is 0.411. The highest BCUT2D eigenvalue weighted by atomic mass is 15.2. The quantitative estimate of drug-likeness (QED) is 0.827. The molecule has 1 fully saturated rings. The fourth-order valence-electron chi connectivity index (χ4n) is 2.67. The van der Waals surface area contributed by atoms with Crippen LogP contribution in [0.4, 0.5) is 5.95 Å². The molecular formula is C13H23N5. The van der Waals surface area contributed by atoms with Gasteiger partial charge in [0, 0.05) is 6.04 Å². The summed E-state index contributed by atoms with van der Waals surface area (Å²) in [6.07, 6.45) is 5.38.